The summed E-state index contributed by atoms with van der Waals surface area (Å²) in [5, 5.41) is 0. The molecule has 2 atom stereocenters. The van der Waals surface area contributed by atoms with E-state index in [1.165, 1.54) is 7.11 Å². The van der Waals surface area contributed by atoms with Crippen LogP contribution >= 0.6 is 0 Å². The predicted octanol–water partition coefficient (Wildman–Crippen LogP) is 0.453. The first-order chi connectivity index (χ1) is 5.25. The summed E-state index contributed by atoms with van der Waals surface area (Å²) >= 11 is 0. The van der Waals surface area contributed by atoms with Crippen LogP contribution in [-0.4, -0.2) is 19.1 Å². The standard InChI is InChI=1S/C8H13NO2/c1-11-8(10)6-4-2-3-5-7(6)9/h3,5-7H,2,4,9H2,1H3/t6-,7-/m0/s1. The topological polar surface area (TPSA) is 52.3 Å². The third kappa shape index (κ3) is 1.80. The van der Waals surface area contributed by atoms with Gasteiger partial charge >= 0.3 is 5.97 Å². The van der Waals surface area contributed by atoms with Gasteiger partial charge in [-0.2, -0.15) is 0 Å². The van der Waals surface area contributed by atoms with Crippen molar-refractivity contribution in [1.82, 2.24) is 0 Å². The quantitative estimate of drug-likeness (QED) is 0.442. The number of allylic oxidation sites excluding steroid dienone is 1. The third-order valence-corrected chi connectivity index (χ3v) is 1.97. The van der Waals surface area contributed by atoms with Gasteiger partial charge in [0.1, 0.15) is 0 Å². The molecule has 11 heavy (non-hydrogen) atoms. The molecule has 3 heteroatoms. The molecule has 1 aliphatic carbocycles. The molecule has 0 unspecified atom stereocenters. The van der Waals surface area contributed by atoms with E-state index in [4.69, 9.17) is 5.73 Å². The van der Waals surface area contributed by atoms with Crippen molar-refractivity contribution < 1.29 is 9.53 Å². The van der Waals surface area contributed by atoms with Gasteiger partial charge in [-0.3, -0.25) is 4.79 Å². The molecule has 0 saturated heterocycles. The largest absolute Gasteiger partial charge is 0.469 e. The second-order valence-electron chi connectivity index (χ2n) is 2.71. The number of hydrogen-bond acceptors (Lipinski definition) is 3. The zero-order valence-electron chi connectivity index (χ0n) is 6.62. The van der Waals surface area contributed by atoms with Crippen molar-refractivity contribution in [3.8, 4) is 0 Å². The fraction of sp³-hybridized carbons (Fsp3) is 0.625. The van der Waals surface area contributed by atoms with Crippen LogP contribution < -0.4 is 5.73 Å². The van der Waals surface area contributed by atoms with E-state index in [2.05, 4.69) is 4.74 Å². The van der Waals surface area contributed by atoms with E-state index in [1.807, 2.05) is 12.2 Å². The minimum absolute atomic E-state index is 0.134. The first-order valence-corrected chi connectivity index (χ1v) is 3.76. The van der Waals surface area contributed by atoms with Crippen molar-refractivity contribution >= 4 is 5.97 Å². The molecular formula is C8H13NO2. The second-order valence-corrected chi connectivity index (χ2v) is 2.71. The van der Waals surface area contributed by atoms with Gasteiger partial charge in [-0.25, -0.2) is 0 Å². The Morgan fingerprint density at radius 1 is 1.73 bits per heavy atom. The molecule has 62 valence electrons. The van der Waals surface area contributed by atoms with E-state index < -0.39 is 0 Å². The van der Waals surface area contributed by atoms with Crippen LogP contribution in [0.3, 0.4) is 0 Å². The smallest absolute Gasteiger partial charge is 0.310 e. The van der Waals surface area contributed by atoms with Crippen molar-refractivity contribution in [3.63, 3.8) is 0 Å². The Bertz CT molecular complexity index is 177. The van der Waals surface area contributed by atoms with Gasteiger partial charge < -0.3 is 10.5 Å². The van der Waals surface area contributed by atoms with E-state index >= 15 is 0 Å². The number of nitrogens with two attached hydrogens (primary N) is 1. The highest BCUT2D eigenvalue weighted by molar-refractivity contribution is 5.73. The molecule has 0 radical (unpaired) electrons. The van der Waals surface area contributed by atoms with Gasteiger partial charge in [0.15, 0.2) is 0 Å². The van der Waals surface area contributed by atoms with Crippen LogP contribution in [-0.2, 0) is 9.53 Å². The summed E-state index contributed by atoms with van der Waals surface area (Å²) in [4.78, 5) is 11.0. The van der Waals surface area contributed by atoms with Gasteiger partial charge in [-0.15, -0.1) is 0 Å². The van der Waals surface area contributed by atoms with Gasteiger partial charge in [0.05, 0.1) is 13.0 Å². The number of hydrogen-bond donors (Lipinski definition) is 1. The molecule has 3 nitrogen and oxygen atoms in total. The number of rotatable bonds is 1. The van der Waals surface area contributed by atoms with Crippen LogP contribution in [0.15, 0.2) is 12.2 Å². The Morgan fingerprint density at radius 3 is 3.00 bits per heavy atom. The second kappa shape index (κ2) is 3.53. The van der Waals surface area contributed by atoms with Crippen LogP contribution in [0, 0.1) is 5.92 Å². The lowest BCUT2D eigenvalue weighted by Gasteiger charge is -2.21. The SMILES string of the molecule is COC(=O)[C@H]1CCC=C[C@@H]1N. The maximum atomic E-state index is 11.0. The molecule has 1 rings (SSSR count). The zero-order valence-corrected chi connectivity index (χ0v) is 6.62. The summed E-state index contributed by atoms with van der Waals surface area (Å²) in [6, 6.07) is -0.156. The Labute approximate surface area is 66.2 Å². The van der Waals surface area contributed by atoms with Crippen LogP contribution in [0.25, 0.3) is 0 Å². The first-order valence-electron chi connectivity index (χ1n) is 3.76. The molecular weight excluding hydrogens is 142 g/mol. The number of ether oxygens (including phenoxy) is 1. The van der Waals surface area contributed by atoms with Crippen molar-refractivity contribution in [2.45, 2.75) is 18.9 Å². The number of esters is 1. The summed E-state index contributed by atoms with van der Waals surface area (Å²) in [7, 11) is 1.40. The van der Waals surface area contributed by atoms with E-state index in [1.54, 1.807) is 0 Å². The predicted molar refractivity (Wildman–Crippen MR) is 41.9 cm³/mol. The monoisotopic (exact) mass is 155 g/mol. The highest BCUT2D eigenvalue weighted by Crippen LogP contribution is 2.18. The van der Waals surface area contributed by atoms with E-state index in [9.17, 15) is 4.79 Å². The Hall–Kier alpha value is -0.830. The molecule has 0 heterocycles. The van der Waals surface area contributed by atoms with Crippen molar-refractivity contribution in [2.75, 3.05) is 7.11 Å². The van der Waals surface area contributed by atoms with Crippen molar-refractivity contribution in [2.24, 2.45) is 11.7 Å². The maximum absolute atomic E-state index is 11.0. The molecule has 0 aromatic heterocycles. The molecule has 0 aromatic carbocycles. The minimum Gasteiger partial charge on any atom is -0.469 e. The molecule has 0 fully saturated rings. The van der Waals surface area contributed by atoms with Gasteiger partial charge in [0.2, 0.25) is 0 Å². The summed E-state index contributed by atoms with van der Waals surface area (Å²) in [5.41, 5.74) is 5.67. The molecule has 1 aliphatic rings. The Balaban J connectivity index is 2.57. The normalized spacial score (nSPS) is 30.0. The number of carbonyl (C=O) groups excluding carboxylic acids is 1. The third-order valence-electron chi connectivity index (χ3n) is 1.97. The van der Waals surface area contributed by atoms with Crippen molar-refractivity contribution in [3.05, 3.63) is 12.2 Å². The zero-order chi connectivity index (χ0) is 8.27. The lowest BCUT2D eigenvalue weighted by atomic mass is 9.90. The van der Waals surface area contributed by atoms with Gasteiger partial charge in [-0.1, -0.05) is 12.2 Å². The van der Waals surface area contributed by atoms with Crippen molar-refractivity contribution in [1.29, 1.82) is 0 Å². The number of carbonyl (C=O) groups is 1. The lowest BCUT2D eigenvalue weighted by Crippen LogP contribution is -2.36. The molecule has 0 bridgehead atoms. The molecule has 2 N–H and O–H groups in total. The molecule has 0 spiro atoms. The first kappa shape index (κ1) is 8.27. The van der Waals surface area contributed by atoms with E-state index in [-0.39, 0.29) is 17.9 Å². The average Bonchev–Trinajstić information content (AvgIpc) is 2.04. The summed E-state index contributed by atoms with van der Waals surface area (Å²) < 4.78 is 4.61. The minimum atomic E-state index is -0.193. The Kier molecular flexibility index (Phi) is 2.65. The van der Waals surface area contributed by atoms with Crippen LogP contribution in [0.1, 0.15) is 12.8 Å². The highest BCUT2D eigenvalue weighted by atomic mass is 16.5. The van der Waals surface area contributed by atoms with E-state index in [0.29, 0.717) is 0 Å². The summed E-state index contributed by atoms with van der Waals surface area (Å²) in [6.07, 6.45) is 5.60. The summed E-state index contributed by atoms with van der Waals surface area (Å²) in [6.45, 7) is 0. The summed E-state index contributed by atoms with van der Waals surface area (Å²) in [5.74, 6) is -0.327. The molecule has 0 amide bonds. The molecule has 0 aliphatic heterocycles. The number of methoxy groups -OCH3 is 1. The van der Waals surface area contributed by atoms with Crippen LogP contribution in [0.4, 0.5) is 0 Å². The highest BCUT2D eigenvalue weighted by Gasteiger charge is 2.25. The van der Waals surface area contributed by atoms with Gasteiger partial charge in [-0.05, 0) is 12.8 Å². The maximum Gasteiger partial charge on any atom is 0.310 e. The van der Waals surface area contributed by atoms with Gasteiger partial charge in [0.25, 0.3) is 0 Å². The Morgan fingerprint density at radius 2 is 2.45 bits per heavy atom. The van der Waals surface area contributed by atoms with E-state index in [0.717, 1.165) is 12.8 Å². The lowest BCUT2D eigenvalue weighted by molar-refractivity contribution is -0.146. The molecule has 0 aromatic rings. The fourth-order valence-corrected chi connectivity index (χ4v) is 1.28. The average molecular weight is 155 g/mol. The molecule has 0 saturated carbocycles. The van der Waals surface area contributed by atoms with Crippen LogP contribution in [0.5, 0.6) is 0 Å². The fourth-order valence-electron chi connectivity index (χ4n) is 1.28. The van der Waals surface area contributed by atoms with Crippen LogP contribution in [0.2, 0.25) is 0 Å². The van der Waals surface area contributed by atoms with Gasteiger partial charge in [0, 0.05) is 6.04 Å².